The van der Waals surface area contributed by atoms with Crippen LogP contribution in [0.25, 0.3) is 76.1 Å². The van der Waals surface area contributed by atoms with Crippen LogP contribution in [0.1, 0.15) is 35.4 Å². The van der Waals surface area contributed by atoms with Crippen LogP contribution in [0.15, 0.2) is 127 Å². The van der Waals surface area contributed by atoms with Crippen molar-refractivity contribution in [3.8, 4) is 22.3 Å². The molecule has 196 valence electrons. The first kappa shape index (κ1) is 22.7. The largest absolute Gasteiger partial charge is 0.0616 e. The molecular weight excluding hydrogens is 504 g/mol. The van der Waals surface area contributed by atoms with Gasteiger partial charge in [0.2, 0.25) is 0 Å². The summed E-state index contributed by atoms with van der Waals surface area (Å²) in [7, 11) is 0. The van der Waals surface area contributed by atoms with Crippen LogP contribution in [0, 0.1) is 0 Å². The van der Waals surface area contributed by atoms with Gasteiger partial charge in [-0.1, -0.05) is 121 Å². The van der Waals surface area contributed by atoms with Crippen LogP contribution in [-0.2, 0) is 6.42 Å². The molecule has 8 aromatic carbocycles. The van der Waals surface area contributed by atoms with E-state index in [9.17, 15) is 0 Å². The van der Waals surface area contributed by atoms with Gasteiger partial charge >= 0.3 is 0 Å². The van der Waals surface area contributed by atoms with Crippen molar-refractivity contribution < 1.29 is 0 Å². The highest BCUT2D eigenvalue weighted by atomic mass is 14.4. The molecule has 0 saturated carbocycles. The zero-order valence-electron chi connectivity index (χ0n) is 23.3. The molecular formula is C42H28. The Morgan fingerprint density at radius 2 is 0.952 bits per heavy atom. The SMILES string of the molecule is c1ccc2c3c4c(cc2c1)CCCC4c1cccc2c(-c4c5ccccc5cc5ccccc45)c4ccccc4c-3c12. The third-order valence-electron chi connectivity index (χ3n) is 10.2. The Morgan fingerprint density at radius 3 is 1.64 bits per heavy atom. The summed E-state index contributed by atoms with van der Waals surface area (Å²) in [5.74, 6) is 0.447. The third-order valence-corrected chi connectivity index (χ3v) is 10.2. The van der Waals surface area contributed by atoms with Gasteiger partial charge in [0.1, 0.15) is 0 Å². The van der Waals surface area contributed by atoms with Crippen molar-refractivity contribution in [3.63, 3.8) is 0 Å². The highest BCUT2D eigenvalue weighted by Gasteiger charge is 2.35. The first-order chi connectivity index (χ1) is 20.9. The molecule has 0 fully saturated rings. The Bertz CT molecular complexity index is 2390. The summed E-state index contributed by atoms with van der Waals surface area (Å²) in [5, 5.41) is 13.6. The van der Waals surface area contributed by atoms with E-state index in [4.69, 9.17) is 0 Å². The van der Waals surface area contributed by atoms with Crippen LogP contribution in [0.5, 0.6) is 0 Å². The first-order valence-electron chi connectivity index (χ1n) is 15.3. The Morgan fingerprint density at radius 1 is 0.429 bits per heavy atom. The van der Waals surface area contributed by atoms with Gasteiger partial charge in [-0.15, -0.1) is 0 Å². The Labute approximate surface area is 244 Å². The monoisotopic (exact) mass is 532 g/mol. The van der Waals surface area contributed by atoms with Crippen LogP contribution >= 0.6 is 0 Å². The van der Waals surface area contributed by atoms with Gasteiger partial charge in [0.05, 0.1) is 0 Å². The first-order valence-corrected chi connectivity index (χ1v) is 15.3. The number of hydrogen-bond donors (Lipinski definition) is 0. The lowest BCUT2D eigenvalue weighted by Crippen LogP contribution is -2.17. The molecule has 0 spiro atoms. The molecule has 0 N–H and O–H groups in total. The highest BCUT2D eigenvalue weighted by Crippen LogP contribution is 2.57. The molecule has 0 radical (unpaired) electrons. The molecule has 0 aliphatic heterocycles. The van der Waals surface area contributed by atoms with Crippen molar-refractivity contribution in [3.05, 3.63) is 144 Å². The topological polar surface area (TPSA) is 0 Å². The fourth-order valence-corrected chi connectivity index (χ4v) is 8.61. The number of aryl methyl sites for hydroxylation is 1. The van der Waals surface area contributed by atoms with Crippen LogP contribution < -0.4 is 0 Å². The molecule has 0 amide bonds. The summed E-state index contributed by atoms with van der Waals surface area (Å²) in [6, 6.07) is 48.2. The van der Waals surface area contributed by atoms with Gasteiger partial charge in [-0.3, -0.25) is 0 Å². The van der Waals surface area contributed by atoms with Crippen LogP contribution in [0.4, 0.5) is 0 Å². The lowest BCUT2D eigenvalue weighted by molar-refractivity contribution is 0.619. The molecule has 2 aliphatic carbocycles. The molecule has 42 heavy (non-hydrogen) atoms. The molecule has 0 heteroatoms. The van der Waals surface area contributed by atoms with Gasteiger partial charge in [0.25, 0.3) is 0 Å². The maximum Gasteiger partial charge on any atom is 0.0105 e. The highest BCUT2D eigenvalue weighted by molar-refractivity contribution is 6.30. The Kier molecular flexibility index (Phi) is 4.49. The maximum atomic E-state index is 2.49. The Hall–Kier alpha value is -4.94. The maximum absolute atomic E-state index is 2.49. The molecule has 0 bridgehead atoms. The minimum atomic E-state index is 0.447. The molecule has 2 aliphatic rings. The fraction of sp³-hybridized carbons (Fsp3) is 0.0952. The number of benzene rings is 8. The van der Waals surface area contributed by atoms with E-state index in [1.165, 1.54) is 101 Å². The lowest BCUT2D eigenvalue weighted by Gasteiger charge is -2.36. The average Bonchev–Trinajstić information content (AvgIpc) is 3.05. The van der Waals surface area contributed by atoms with Gasteiger partial charge in [-0.2, -0.15) is 0 Å². The molecule has 0 aromatic heterocycles. The molecule has 1 unspecified atom stereocenters. The standard InChI is InChI=1S/C42H28/c1-4-15-29-25(11-1)23-26-12-2-5-16-30(26)38(29)39-33-18-7-8-19-35(33)42-40-34(21-10-22-36(39)40)32-20-9-14-28-24-27-13-3-6-17-31(27)41(42)37(28)32/h1-8,10-13,15-19,21-24,32H,9,14,20H2. The quantitative estimate of drug-likeness (QED) is 0.184. The van der Waals surface area contributed by atoms with Crippen molar-refractivity contribution in [2.75, 3.05) is 0 Å². The molecule has 0 saturated heterocycles. The fourth-order valence-electron chi connectivity index (χ4n) is 8.61. The van der Waals surface area contributed by atoms with E-state index < -0.39 is 0 Å². The van der Waals surface area contributed by atoms with E-state index in [2.05, 4.69) is 127 Å². The van der Waals surface area contributed by atoms with Crippen LogP contribution in [0.3, 0.4) is 0 Å². The van der Waals surface area contributed by atoms with Crippen molar-refractivity contribution in [2.45, 2.75) is 25.2 Å². The summed E-state index contributed by atoms with van der Waals surface area (Å²) in [4.78, 5) is 0. The van der Waals surface area contributed by atoms with Gasteiger partial charge < -0.3 is 0 Å². The summed E-state index contributed by atoms with van der Waals surface area (Å²) in [5.41, 5.74) is 10.3. The van der Waals surface area contributed by atoms with Crippen molar-refractivity contribution >= 4 is 53.9 Å². The molecule has 0 nitrogen and oxygen atoms in total. The smallest absolute Gasteiger partial charge is 0.0105 e. The predicted molar refractivity (Wildman–Crippen MR) is 180 cm³/mol. The second-order valence-electron chi connectivity index (χ2n) is 12.2. The molecule has 8 aromatic rings. The van der Waals surface area contributed by atoms with Gasteiger partial charge in [0, 0.05) is 5.92 Å². The van der Waals surface area contributed by atoms with E-state index in [1.807, 2.05) is 0 Å². The molecule has 0 heterocycles. The van der Waals surface area contributed by atoms with E-state index >= 15 is 0 Å². The van der Waals surface area contributed by atoms with E-state index in [0.717, 1.165) is 0 Å². The summed E-state index contributed by atoms with van der Waals surface area (Å²) >= 11 is 0. The Balaban J connectivity index is 1.49. The predicted octanol–water partition coefficient (Wildman–Crippen LogP) is 11.6. The number of fused-ring (bicyclic) bond motifs is 8. The number of hydrogen-bond acceptors (Lipinski definition) is 0. The van der Waals surface area contributed by atoms with Crippen molar-refractivity contribution in [2.24, 2.45) is 0 Å². The van der Waals surface area contributed by atoms with Gasteiger partial charge in [-0.05, 0) is 118 Å². The molecule has 1 atom stereocenters. The average molecular weight is 533 g/mol. The van der Waals surface area contributed by atoms with Crippen molar-refractivity contribution in [1.29, 1.82) is 0 Å². The summed E-state index contributed by atoms with van der Waals surface area (Å²) in [6.07, 6.45) is 3.64. The van der Waals surface area contributed by atoms with E-state index in [0.29, 0.717) is 5.92 Å². The van der Waals surface area contributed by atoms with Crippen LogP contribution in [0.2, 0.25) is 0 Å². The van der Waals surface area contributed by atoms with Gasteiger partial charge in [-0.25, -0.2) is 0 Å². The van der Waals surface area contributed by atoms with Crippen LogP contribution in [-0.4, -0.2) is 0 Å². The second kappa shape index (κ2) is 8.30. The normalized spacial score (nSPS) is 15.6. The minimum absolute atomic E-state index is 0.447. The number of rotatable bonds is 1. The minimum Gasteiger partial charge on any atom is -0.0616 e. The zero-order valence-corrected chi connectivity index (χ0v) is 23.3. The van der Waals surface area contributed by atoms with Gasteiger partial charge in [0.15, 0.2) is 0 Å². The summed E-state index contributed by atoms with van der Waals surface area (Å²) in [6.45, 7) is 0. The summed E-state index contributed by atoms with van der Waals surface area (Å²) < 4.78 is 0. The molecule has 10 rings (SSSR count). The third kappa shape index (κ3) is 2.87. The van der Waals surface area contributed by atoms with E-state index in [-0.39, 0.29) is 0 Å². The zero-order chi connectivity index (χ0) is 27.4. The van der Waals surface area contributed by atoms with Crippen molar-refractivity contribution in [1.82, 2.24) is 0 Å². The van der Waals surface area contributed by atoms with E-state index in [1.54, 1.807) is 11.1 Å². The lowest BCUT2D eigenvalue weighted by atomic mass is 9.67. The second-order valence-corrected chi connectivity index (χ2v) is 12.2.